The Balaban J connectivity index is 3.47. The lowest BCUT2D eigenvalue weighted by Gasteiger charge is -2.20. The van der Waals surface area contributed by atoms with Crippen LogP contribution in [0.5, 0.6) is 0 Å². The monoisotopic (exact) mass is 888 g/mol. The van der Waals surface area contributed by atoms with E-state index in [1.165, 1.54) is 218 Å². The molecule has 1 amide bonds. The normalized spacial score (nSPS) is 12.8. The molecule has 6 heteroatoms. The van der Waals surface area contributed by atoms with Crippen molar-refractivity contribution in [1.29, 1.82) is 0 Å². The molecular formula is C57H109NO5. The molecule has 0 saturated carbocycles. The minimum Gasteiger partial charge on any atom is -0.466 e. The van der Waals surface area contributed by atoms with E-state index in [1.807, 2.05) is 6.08 Å². The number of hydrogen-bond acceptors (Lipinski definition) is 5. The van der Waals surface area contributed by atoms with Gasteiger partial charge in [0.1, 0.15) is 0 Å². The maximum absolute atomic E-state index is 12.4. The molecule has 0 aliphatic heterocycles. The quantitative estimate of drug-likeness (QED) is 0.0321. The van der Waals surface area contributed by atoms with E-state index in [9.17, 15) is 19.8 Å². The van der Waals surface area contributed by atoms with Gasteiger partial charge in [-0.3, -0.25) is 9.59 Å². The zero-order chi connectivity index (χ0) is 45.8. The van der Waals surface area contributed by atoms with Gasteiger partial charge in [-0.1, -0.05) is 256 Å². The van der Waals surface area contributed by atoms with Crippen LogP contribution in [0.4, 0.5) is 0 Å². The molecule has 0 aliphatic rings. The van der Waals surface area contributed by atoms with Gasteiger partial charge in [-0.15, -0.1) is 0 Å². The Kier molecular flexibility index (Phi) is 51.6. The molecule has 6 nitrogen and oxygen atoms in total. The first-order chi connectivity index (χ1) is 31.0. The predicted octanol–water partition coefficient (Wildman–Crippen LogP) is 17.1. The van der Waals surface area contributed by atoms with E-state index in [4.69, 9.17) is 4.74 Å². The molecule has 0 aromatic rings. The van der Waals surface area contributed by atoms with E-state index in [1.54, 1.807) is 6.08 Å². The molecule has 0 aliphatic carbocycles. The molecule has 0 bridgehead atoms. The lowest BCUT2D eigenvalue weighted by molar-refractivity contribution is -0.143. The van der Waals surface area contributed by atoms with Crippen molar-refractivity contribution in [3.05, 3.63) is 24.3 Å². The van der Waals surface area contributed by atoms with Gasteiger partial charge in [0.25, 0.3) is 0 Å². The smallest absolute Gasteiger partial charge is 0.305 e. The van der Waals surface area contributed by atoms with Crippen LogP contribution >= 0.6 is 0 Å². The van der Waals surface area contributed by atoms with Crippen LogP contribution in [0.25, 0.3) is 0 Å². The van der Waals surface area contributed by atoms with E-state index in [0.29, 0.717) is 19.4 Å². The topological polar surface area (TPSA) is 95.9 Å². The summed E-state index contributed by atoms with van der Waals surface area (Å²) in [4.78, 5) is 24.5. The number of unbranched alkanes of at least 4 members (excludes halogenated alkanes) is 39. The lowest BCUT2D eigenvalue weighted by Crippen LogP contribution is -2.45. The minimum absolute atomic E-state index is 0.00999. The van der Waals surface area contributed by atoms with E-state index in [2.05, 4.69) is 31.3 Å². The van der Waals surface area contributed by atoms with Crippen molar-refractivity contribution < 1.29 is 24.5 Å². The van der Waals surface area contributed by atoms with E-state index in [-0.39, 0.29) is 18.5 Å². The van der Waals surface area contributed by atoms with Crippen molar-refractivity contribution >= 4 is 11.9 Å². The third kappa shape index (κ3) is 49.6. The summed E-state index contributed by atoms with van der Waals surface area (Å²) in [7, 11) is 0. The number of carbonyl (C=O) groups is 2. The first kappa shape index (κ1) is 61.3. The Labute approximate surface area is 392 Å². The summed E-state index contributed by atoms with van der Waals surface area (Å²) in [5.41, 5.74) is 0. The molecule has 0 heterocycles. The largest absolute Gasteiger partial charge is 0.466 e. The molecule has 2 atom stereocenters. The number of rotatable bonds is 52. The fourth-order valence-corrected chi connectivity index (χ4v) is 8.63. The summed E-state index contributed by atoms with van der Waals surface area (Å²) in [5, 5.41) is 23.1. The van der Waals surface area contributed by atoms with Gasteiger partial charge in [0, 0.05) is 12.8 Å². The number of ether oxygens (including phenoxy) is 1. The molecule has 3 N–H and O–H groups in total. The summed E-state index contributed by atoms with van der Waals surface area (Å²) in [5.74, 6) is -0.0896. The molecule has 0 aromatic heterocycles. The van der Waals surface area contributed by atoms with E-state index in [0.717, 1.165) is 57.8 Å². The zero-order valence-corrected chi connectivity index (χ0v) is 42.3. The molecule has 2 unspecified atom stereocenters. The molecule has 0 rings (SSSR count). The first-order valence-electron chi connectivity index (χ1n) is 28.1. The number of allylic oxidation sites excluding steroid dienone is 3. The van der Waals surface area contributed by atoms with Gasteiger partial charge >= 0.3 is 5.97 Å². The van der Waals surface area contributed by atoms with Gasteiger partial charge in [-0.25, -0.2) is 0 Å². The molecule has 0 fully saturated rings. The van der Waals surface area contributed by atoms with Crippen LogP contribution in [0.1, 0.15) is 303 Å². The highest BCUT2D eigenvalue weighted by Crippen LogP contribution is 2.16. The third-order valence-corrected chi connectivity index (χ3v) is 13.0. The van der Waals surface area contributed by atoms with Crippen LogP contribution in [-0.2, 0) is 14.3 Å². The fraction of sp³-hybridized carbons (Fsp3) is 0.895. The number of aliphatic hydroxyl groups excluding tert-OH is 2. The molecule has 0 spiro atoms. The second-order valence-electron chi connectivity index (χ2n) is 19.3. The van der Waals surface area contributed by atoms with Crippen molar-refractivity contribution in [2.75, 3.05) is 13.2 Å². The second kappa shape index (κ2) is 53.0. The van der Waals surface area contributed by atoms with E-state index >= 15 is 0 Å². The molecule has 0 radical (unpaired) electrons. The maximum atomic E-state index is 12.4. The van der Waals surface area contributed by atoms with Gasteiger partial charge in [0.15, 0.2) is 0 Å². The Morgan fingerprint density at radius 2 is 0.746 bits per heavy atom. The molecule has 372 valence electrons. The van der Waals surface area contributed by atoms with Crippen LogP contribution in [0.3, 0.4) is 0 Å². The second-order valence-corrected chi connectivity index (χ2v) is 19.3. The standard InChI is InChI=1S/C57H109NO5/c1-3-5-7-9-11-13-15-17-19-21-23-27-31-35-39-43-47-51-57(62)63-52-48-44-40-36-32-28-24-26-30-34-38-42-46-50-56(61)58-54(53-59)55(60)49-45-41-37-33-29-25-22-20-18-16-14-12-10-8-6-4-2/h17,19,45,49,54-55,59-60H,3-16,18,20-44,46-48,50-53H2,1-2H3,(H,58,61)/b19-17-,49-45+. The highest BCUT2D eigenvalue weighted by Gasteiger charge is 2.18. The van der Waals surface area contributed by atoms with Crippen molar-refractivity contribution in [2.45, 2.75) is 315 Å². The van der Waals surface area contributed by atoms with Gasteiger partial charge < -0.3 is 20.3 Å². The molecule has 63 heavy (non-hydrogen) atoms. The van der Waals surface area contributed by atoms with Crippen LogP contribution in [-0.4, -0.2) is 47.4 Å². The number of carbonyl (C=O) groups excluding carboxylic acids is 2. The average molecular weight is 889 g/mol. The highest BCUT2D eigenvalue weighted by molar-refractivity contribution is 5.76. The minimum atomic E-state index is -0.853. The third-order valence-electron chi connectivity index (χ3n) is 13.0. The predicted molar refractivity (Wildman–Crippen MR) is 273 cm³/mol. The Morgan fingerprint density at radius 1 is 0.429 bits per heavy atom. The first-order valence-corrected chi connectivity index (χ1v) is 28.1. The van der Waals surface area contributed by atoms with Gasteiger partial charge in [-0.05, 0) is 57.8 Å². The van der Waals surface area contributed by atoms with Crippen molar-refractivity contribution in [3.63, 3.8) is 0 Å². The van der Waals surface area contributed by atoms with Crippen LogP contribution in [0, 0.1) is 0 Å². The Bertz CT molecular complexity index is 982. The lowest BCUT2D eigenvalue weighted by atomic mass is 10.0. The summed E-state index contributed by atoms with van der Waals surface area (Å²) in [6.45, 7) is 4.88. The average Bonchev–Trinajstić information content (AvgIpc) is 3.28. The molecular weight excluding hydrogens is 779 g/mol. The summed E-state index contributed by atoms with van der Waals surface area (Å²) in [6, 6.07) is -0.637. The Hall–Kier alpha value is -1.66. The summed E-state index contributed by atoms with van der Waals surface area (Å²) >= 11 is 0. The number of amides is 1. The number of nitrogens with one attached hydrogen (secondary N) is 1. The highest BCUT2D eigenvalue weighted by atomic mass is 16.5. The van der Waals surface area contributed by atoms with Crippen molar-refractivity contribution in [1.82, 2.24) is 5.32 Å². The number of esters is 1. The van der Waals surface area contributed by atoms with Crippen molar-refractivity contribution in [3.8, 4) is 0 Å². The summed E-state index contributed by atoms with van der Waals surface area (Å²) < 4.78 is 5.47. The summed E-state index contributed by atoms with van der Waals surface area (Å²) in [6.07, 6.45) is 63.3. The van der Waals surface area contributed by atoms with Gasteiger partial charge in [0.05, 0.1) is 25.4 Å². The van der Waals surface area contributed by atoms with E-state index < -0.39 is 12.1 Å². The molecule has 0 aromatic carbocycles. The number of hydrogen-bond donors (Lipinski definition) is 3. The molecule has 0 saturated heterocycles. The van der Waals surface area contributed by atoms with Crippen LogP contribution in [0.2, 0.25) is 0 Å². The van der Waals surface area contributed by atoms with Crippen molar-refractivity contribution in [2.24, 2.45) is 0 Å². The Morgan fingerprint density at radius 3 is 1.13 bits per heavy atom. The zero-order valence-electron chi connectivity index (χ0n) is 42.3. The van der Waals surface area contributed by atoms with Gasteiger partial charge in [0.2, 0.25) is 5.91 Å². The number of aliphatic hydroxyl groups is 2. The SMILES string of the molecule is CCCCCCCC/C=C\CCCCCCCCCC(=O)OCCCCCCCCCCCCCCCC(=O)NC(CO)C(O)/C=C/CCCCCCCCCCCCCCCC. The van der Waals surface area contributed by atoms with Crippen LogP contribution < -0.4 is 5.32 Å². The van der Waals surface area contributed by atoms with Gasteiger partial charge in [-0.2, -0.15) is 0 Å². The fourth-order valence-electron chi connectivity index (χ4n) is 8.63. The van der Waals surface area contributed by atoms with Crippen LogP contribution in [0.15, 0.2) is 24.3 Å². The maximum Gasteiger partial charge on any atom is 0.305 e.